The third kappa shape index (κ3) is 3.86. The highest BCUT2D eigenvalue weighted by Gasteiger charge is 2.24. The maximum absolute atomic E-state index is 11.4. The fourth-order valence-electron chi connectivity index (χ4n) is 2.66. The maximum Gasteiger partial charge on any atom is 0.343 e. The van der Waals surface area contributed by atoms with E-state index in [0.717, 1.165) is 11.7 Å². The number of hydrogen-bond acceptors (Lipinski definition) is 4. The average molecular weight is 284 g/mol. The van der Waals surface area contributed by atoms with Gasteiger partial charge < -0.3 is 5.32 Å². The van der Waals surface area contributed by atoms with Crippen molar-refractivity contribution in [3.8, 4) is 0 Å². The second-order valence-corrected chi connectivity index (χ2v) is 6.39. The molecule has 1 aromatic rings. The summed E-state index contributed by atoms with van der Waals surface area (Å²) in [6.45, 7) is 3.16. The van der Waals surface area contributed by atoms with Gasteiger partial charge in [0.1, 0.15) is 0 Å². The van der Waals surface area contributed by atoms with Crippen LogP contribution in [0.5, 0.6) is 0 Å². The molecule has 5 nitrogen and oxygen atoms in total. The van der Waals surface area contributed by atoms with E-state index in [1.54, 1.807) is 23.4 Å². The molecule has 0 radical (unpaired) electrons. The molecule has 2 atom stereocenters. The topological polar surface area (TPSA) is 62.7 Å². The number of aromatic amines is 1. The molecule has 0 amide bonds. The zero-order valence-electron chi connectivity index (χ0n) is 11.8. The van der Waals surface area contributed by atoms with Gasteiger partial charge in [-0.3, -0.25) is 4.57 Å². The van der Waals surface area contributed by atoms with E-state index in [4.69, 9.17) is 0 Å². The SMILES string of the molecule is CCNC1CCCCCCC1Sc1n[nH]c(=O)n1C. The van der Waals surface area contributed by atoms with Crippen LogP contribution in [0.1, 0.15) is 45.4 Å². The average Bonchev–Trinajstić information content (AvgIpc) is 2.69. The second kappa shape index (κ2) is 7.14. The molecule has 1 aromatic heterocycles. The van der Waals surface area contributed by atoms with Gasteiger partial charge in [-0.2, -0.15) is 0 Å². The van der Waals surface area contributed by atoms with Gasteiger partial charge in [-0.15, -0.1) is 5.10 Å². The van der Waals surface area contributed by atoms with Crippen LogP contribution < -0.4 is 11.0 Å². The molecule has 0 aliphatic heterocycles. The first-order chi connectivity index (χ1) is 9.22. The highest BCUT2D eigenvalue weighted by Crippen LogP contribution is 2.30. The van der Waals surface area contributed by atoms with E-state index in [1.165, 1.54) is 38.5 Å². The van der Waals surface area contributed by atoms with E-state index in [-0.39, 0.29) is 5.69 Å². The molecule has 1 fully saturated rings. The molecule has 0 spiro atoms. The van der Waals surface area contributed by atoms with E-state index < -0.39 is 0 Å². The summed E-state index contributed by atoms with van der Waals surface area (Å²) in [7, 11) is 1.78. The summed E-state index contributed by atoms with van der Waals surface area (Å²) < 4.78 is 1.60. The van der Waals surface area contributed by atoms with Gasteiger partial charge in [-0.05, 0) is 19.4 Å². The Balaban J connectivity index is 2.08. The Bertz CT molecular complexity index is 442. The molecule has 19 heavy (non-hydrogen) atoms. The first-order valence-electron chi connectivity index (χ1n) is 7.23. The lowest BCUT2D eigenvalue weighted by Gasteiger charge is -2.29. The Morgan fingerprint density at radius 2 is 2.11 bits per heavy atom. The Labute approximate surface area is 118 Å². The molecule has 2 unspecified atom stereocenters. The van der Waals surface area contributed by atoms with Crippen LogP contribution >= 0.6 is 11.8 Å². The highest BCUT2D eigenvalue weighted by molar-refractivity contribution is 7.99. The summed E-state index contributed by atoms with van der Waals surface area (Å²) in [6, 6.07) is 0.530. The Morgan fingerprint density at radius 1 is 1.37 bits per heavy atom. The molecule has 0 saturated heterocycles. The molecule has 0 aromatic carbocycles. The predicted octanol–water partition coefficient (Wildman–Crippen LogP) is 1.90. The number of nitrogens with one attached hydrogen (secondary N) is 2. The minimum atomic E-state index is -0.131. The monoisotopic (exact) mass is 284 g/mol. The first-order valence-corrected chi connectivity index (χ1v) is 8.11. The lowest BCUT2D eigenvalue weighted by Crippen LogP contribution is -2.39. The van der Waals surface area contributed by atoms with E-state index in [2.05, 4.69) is 22.4 Å². The number of nitrogens with zero attached hydrogens (tertiary/aromatic N) is 2. The van der Waals surface area contributed by atoms with Gasteiger partial charge >= 0.3 is 5.69 Å². The second-order valence-electron chi connectivity index (χ2n) is 5.18. The molecule has 108 valence electrons. The van der Waals surface area contributed by atoms with E-state index >= 15 is 0 Å². The third-order valence-corrected chi connectivity index (χ3v) is 5.21. The molecular weight excluding hydrogens is 260 g/mol. The largest absolute Gasteiger partial charge is 0.343 e. The summed E-state index contributed by atoms with van der Waals surface area (Å²) in [4.78, 5) is 11.4. The Hall–Kier alpha value is -0.750. The van der Waals surface area contributed by atoms with Crippen molar-refractivity contribution < 1.29 is 0 Å². The minimum absolute atomic E-state index is 0.131. The molecular formula is C13H24N4OS. The predicted molar refractivity (Wildman–Crippen MR) is 78.6 cm³/mol. The van der Waals surface area contributed by atoms with Crippen LogP contribution in [0.3, 0.4) is 0 Å². The van der Waals surface area contributed by atoms with Gasteiger partial charge in [0.15, 0.2) is 5.16 Å². The molecule has 1 aliphatic carbocycles. The normalized spacial score (nSPS) is 24.9. The van der Waals surface area contributed by atoms with Gasteiger partial charge in [-0.1, -0.05) is 44.4 Å². The van der Waals surface area contributed by atoms with E-state index in [1.807, 2.05) is 0 Å². The lowest BCUT2D eigenvalue weighted by atomic mass is 9.96. The number of H-pyrrole nitrogens is 1. The third-order valence-electron chi connectivity index (χ3n) is 3.76. The summed E-state index contributed by atoms with van der Waals surface area (Å²) in [5.41, 5.74) is -0.131. The first kappa shape index (κ1) is 14.7. The zero-order valence-corrected chi connectivity index (χ0v) is 12.6. The molecule has 0 bridgehead atoms. The molecule has 1 saturated carbocycles. The van der Waals surface area contributed by atoms with Crippen molar-refractivity contribution in [2.75, 3.05) is 6.54 Å². The molecule has 6 heteroatoms. The fraction of sp³-hybridized carbons (Fsp3) is 0.846. The Morgan fingerprint density at radius 3 is 2.74 bits per heavy atom. The van der Waals surface area contributed by atoms with Crippen LogP contribution in [-0.2, 0) is 7.05 Å². The molecule has 2 N–H and O–H groups in total. The van der Waals surface area contributed by atoms with Gasteiger partial charge in [0, 0.05) is 18.3 Å². The fourth-order valence-corrected chi connectivity index (χ4v) is 3.95. The summed E-state index contributed by atoms with van der Waals surface area (Å²) in [6.07, 6.45) is 7.68. The van der Waals surface area contributed by atoms with E-state index in [0.29, 0.717) is 11.3 Å². The van der Waals surface area contributed by atoms with Crippen LogP contribution in [0.25, 0.3) is 0 Å². The minimum Gasteiger partial charge on any atom is -0.313 e. The van der Waals surface area contributed by atoms with Gasteiger partial charge in [0.25, 0.3) is 0 Å². The van der Waals surface area contributed by atoms with Crippen molar-refractivity contribution >= 4 is 11.8 Å². The number of hydrogen-bond donors (Lipinski definition) is 2. The highest BCUT2D eigenvalue weighted by atomic mass is 32.2. The summed E-state index contributed by atoms with van der Waals surface area (Å²) in [5.74, 6) is 0. The van der Waals surface area contributed by atoms with Crippen LogP contribution in [0.15, 0.2) is 9.95 Å². The van der Waals surface area contributed by atoms with Crippen LogP contribution in [0, 0.1) is 0 Å². The van der Waals surface area contributed by atoms with Crippen molar-refractivity contribution in [2.24, 2.45) is 7.05 Å². The van der Waals surface area contributed by atoms with Crippen molar-refractivity contribution in [2.45, 2.75) is 61.9 Å². The van der Waals surface area contributed by atoms with E-state index in [9.17, 15) is 4.79 Å². The van der Waals surface area contributed by atoms with Crippen molar-refractivity contribution in [1.82, 2.24) is 20.1 Å². The van der Waals surface area contributed by atoms with Crippen LogP contribution in [0.4, 0.5) is 0 Å². The van der Waals surface area contributed by atoms with Crippen molar-refractivity contribution in [1.29, 1.82) is 0 Å². The standard InChI is InChI=1S/C13H24N4OS/c1-3-14-10-8-6-4-5-7-9-11(10)19-13-16-15-12(18)17(13)2/h10-11,14H,3-9H2,1-2H3,(H,15,18). The van der Waals surface area contributed by atoms with Gasteiger partial charge in [0.2, 0.25) is 0 Å². The Kier molecular flexibility index (Phi) is 5.51. The summed E-state index contributed by atoms with van der Waals surface area (Å²) in [5, 5.41) is 11.6. The van der Waals surface area contributed by atoms with Crippen LogP contribution in [0.2, 0.25) is 0 Å². The van der Waals surface area contributed by atoms with Crippen molar-refractivity contribution in [3.63, 3.8) is 0 Å². The number of thioether (sulfide) groups is 1. The van der Waals surface area contributed by atoms with Crippen LogP contribution in [-0.4, -0.2) is 32.6 Å². The van der Waals surface area contributed by atoms with Gasteiger partial charge in [-0.25, -0.2) is 9.89 Å². The lowest BCUT2D eigenvalue weighted by molar-refractivity contribution is 0.405. The molecule has 2 rings (SSSR count). The quantitative estimate of drug-likeness (QED) is 0.886. The molecule has 1 heterocycles. The zero-order chi connectivity index (χ0) is 13.7. The smallest absolute Gasteiger partial charge is 0.313 e. The maximum atomic E-state index is 11.4. The molecule has 1 aliphatic rings. The number of aromatic nitrogens is 3. The number of rotatable bonds is 4. The van der Waals surface area contributed by atoms with Crippen molar-refractivity contribution in [3.05, 3.63) is 10.5 Å². The summed E-state index contributed by atoms with van der Waals surface area (Å²) >= 11 is 1.74. The van der Waals surface area contributed by atoms with Gasteiger partial charge in [0.05, 0.1) is 0 Å².